The fourth-order valence-corrected chi connectivity index (χ4v) is 3.57. The van der Waals surface area contributed by atoms with Crippen molar-refractivity contribution in [1.29, 1.82) is 0 Å². The molecule has 4 rings (SSSR count). The number of carbonyl (C=O) groups excluding carboxylic acids is 3. The van der Waals surface area contributed by atoms with Crippen LogP contribution >= 0.6 is 0 Å². The first-order valence-electron chi connectivity index (χ1n) is 9.42. The Balaban J connectivity index is 1.58. The second kappa shape index (κ2) is 7.09. The zero-order chi connectivity index (χ0) is 20.6. The van der Waals surface area contributed by atoms with E-state index in [0.29, 0.717) is 23.6 Å². The second-order valence-corrected chi connectivity index (χ2v) is 7.07. The molecule has 1 aromatic heterocycles. The van der Waals surface area contributed by atoms with Gasteiger partial charge >= 0.3 is 6.03 Å². The molecule has 1 saturated heterocycles. The van der Waals surface area contributed by atoms with Crippen LogP contribution in [0, 0.1) is 0 Å². The molecule has 1 aliphatic heterocycles. The topological polar surface area (TPSA) is 82.9 Å². The number of likely N-dealkylation sites (N-methyl/N-ethyl adjacent to an activating group) is 1. The van der Waals surface area contributed by atoms with Crippen LogP contribution in [0.1, 0.15) is 19.6 Å². The monoisotopic (exact) mass is 391 g/mol. The highest BCUT2D eigenvalue weighted by Crippen LogP contribution is 2.33. The summed E-state index contributed by atoms with van der Waals surface area (Å²) >= 11 is 0. The molecule has 0 radical (unpaired) electrons. The summed E-state index contributed by atoms with van der Waals surface area (Å²) in [4.78, 5) is 41.0. The lowest BCUT2D eigenvalue weighted by molar-refractivity contribution is -0.134. The van der Waals surface area contributed by atoms with Crippen LogP contribution in [-0.4, -0.2) is 35.8 Å². The molecule has 0 saturated carbocycles. The zero-order valence-electron chi connectivity index (χ0n) is 16.2. The summed E-state index contributed by atoms with van der Waals surface area (Å²) < 4.78 is 5.81. The number of furan rings is 1. The molecule has 29 heavy (non-hydrogen) atoms. The Kier molecular flexibility index (Phi) is 4.58. The van der Waals surface area contributed by atoms with Gasteiger partial charge in [-0.15, -0.1) is 0 Å². The Morgan fingerprint density at radius 1 is 1.10 bits per heavy atom. The Hall–Kier alpha value is -3.61. The van der Waals surface area contributed by atoms with E-state index in [2.05, 4.69) is 5.32 Å². The average Bonchev–Trinajstić information content (AvgIpc) is 3.25. The molecule has 1 unspecified atom stereocenters. The molecule has 0 bridgehead atoms. The molecule has 1 atom stereocenters. The van der Waals surface area contributed by atoms with Crippen LogP contribution in [0.2, 0.25) is 0 Å². The molecular formula is C22H21N3O4. The maximum atomic E-state index is 13.1. The Labute approximate surface area is 167 Å². The Morgan fingerprint density at radius 3 is 2.48 bits per heavy atom. The van der Waals surface area contributed by atoms with E-state index in [9.17, 15) is 14.4 Å². The van der Waals surface area contributed by atoms with Crippen molar-refractivity contribution in [3.63, 3.8) is 0 Å². The first-order valence-corrected chi connectivity index (χ1v) is 9.42. The molecule has 4 amide bonds. The van der Waals surface area contributed by atoms with Crippen molar-refractivity contribution in [2.45, 2.75) is 19.4 Å². The molecular weight excluding hydrogens is 370 g/mol. The normalized spacial score (nSPS) is 18.9. The van der Waals surface area contributed by atoms with E-state index in [1.54, 1.807) is 19.1 Å². The summed E-state index contributed by atoms with van der Waals surface area (Å²) in [6.45, 7) is 3.51. The predicted molar refractivity (Wildman–Crippen MR) is 108 cm³/mol. The van der Waals surface area contributed by atoms with Crippen molar-refractivity contribution in [2.24, 2.45) is 0 Å². The van der Waals surface area contributed by atoms with E-state index in [4.69, 9.17) is 4.42 Å². The molecule has 2 heterocycles. The van der Waals surface area contributed by atoms with Gasteiger partial charge in [-0.1, -0.05) is 36.4 Å². The lowest BCUT2D eigenvalue weighted by Gasteiger charge is -2.24. The smallest absolute Gasteiger partial charge is 0.325 e. The fourth-order valence-electron chi connectivity index (χ4n) is 3.57. The van der Waals surface area contributed by atoms with Gasteiger partial charge in [0.1, 0.15) is 17.9 Å². The Bertz CT molecular complexity index is 1060. The van der Waals surface area contributed by atoms with Gasteiger partial charge in [-0.05, 0) is 38.1 Å². The van der Waals surface area contributed by atoms with E-state index < -0.39 is 17.5 Å². The number of hydrogen-bond acceptors (Lipinski definition) is 4. The number of hydrogen-bond donors (Lipinski definition) is 1. The maximum Gasteiger partial charge on any atom is 0.325 e. The number of carbonyl (C=O) groups is 3. The van der Waals surface area contributed by atoms with Crippen LogP contribution in [0.4, 0.5) is 10.5 Å². The van der Waals surface area contributed by atoms with E-state index >= 15 is 0 Å². The maximum absolute atomic E-state index is 13.1. The minimum absolute atomic E-state index is 0.336. The summed E-state index contributed by atoms with van der Waals surface area (Å²) in [6, 6.07) is 17.6. The van der Waals surface area contributed by atoms with E-state index in [1.165, 1.54) is 4.90 Å². The van der Waals surface area contributed by atoms with Crippen LogP contribution < -0.4 is 10.2 Å². The van der Waals surface area contributed by atoms with E-state index in [-0.39, 0.29) is 12.5 Å². The van der Waals surface area contributed by atoms with Gasteiger partial charge in [0, 0.05) is 17.6 Å². The highest BCUT2D eigenvalue weighted by atomic mass is 16.3. The largest absolute Gasteiger partial charge is 0.458 e. The van der Waals surface area contributed by atoms with Gasteiger partial charge in [-0.2, -0.15) is 0 Å². The first kappa shape index (κ1) is 18.7. The minimum atomic E-state index is -1.36. The third kappa shape index (κ3) is 3.14. The summed E-state index contributed by atoms with van der Waals surface area (Å²) in [5.74, 6) is -0.516. The van der Waals surface area contributed by atoms with Crippen molar-refractivity contribution in [3.05, 3.63) is 66.4 Å². The van der Waals surface area contributed by atoms with E-state index in [1.807, 2.05) is 55.5 Å². The van der Waals surface area contributed by atoms with Crippen LogP contribution in [0.3, 0.4) is 0 Å². The molecule has 1 aliphatic rings. The molecule has 1 fully saturated rings. The highest BCUT2D eigenvalue weighted by molar-refractivity contribution is 6.10. The molecule has 3 aromatic rings. The molecule has 148 valence electrons. The van der Waals surface area contributed by atoms with E-state index in [0.717, 1.165) is 10.3 Å². The number of urea groups is 1. The molecule has 0 aliphatic carbocycles. The van der Waals surface area contributed by atoms with Gasteiger partial charge < -0.3 is 14.6 Å². The van der Waals surface area contributed by atoms with Gasteiger partial charge in [-0.3, -0.25) is 14.5 Å². The van der Waals surface area contributed by atoms with Gasteiger partial charge in [0.25, 0.3) is 5.91 Å². The summed E-state index contributed by atoms with van der Waals surface area (Å²) in [6.07, 6.45) is 0. The number of para-hydroxylation sites is 2. The number of imide groups is 1. The molecule has 0 spiro atoms. The number of nitrogens with zero attached hydrogens (tertiary/aromatic N) is 2. The van der Waals surface area contributed by atoms with Gasteiger partial charge in [-0.25, -0.2) is 4.79 Å². The molecule has 7 nitrogen and oxygen atoms in total. The Morgan fingerprint density at radius 2 is 1.79 bits per heavy atom. The standard InChI is InChI=1S/C22H21N3O4/c1-3-24(16-10-5-4-6-11-16)19(26)14-25-20(27)22(2,23-21(25)28)18-13-15-9-7-8-12-17(15)29-18/h4-13H,3,14H2,1-2H3,(H,23,28). The van der Waals surface area contributed by atoms with Crippen LogP contribution in [0.5, 0.6) is 0 Å². The number of anilines is 1. The SMILES string of the molecule is CCN(C(=O)CN1C(=O)NC(C)(c2cc3ccccc3o2)C1=O)c1ccccc1. The lowest BCUT2D eigenvalue weighted by atomic mass is 9.99. The zero-order valence-corrected chi connectivity index (χ0v) is 16.2. The van der Waals surface area contributed by atoms with Crippen molar-refractivity contribution in [3.8, 4) is 0 Å². The number of rotatable bonds is 5. The van der Waals surface area contributed by atoms with Crippen LogP contribution in [-0.2, 0) is 15.1 Å². The van der Waals surface area contributed by atoms with Crippen LogP contribution in [0.15, 0.2) is 65.1 Å². The minimum Gasteiger partial charge on any atom is -0.458 e. The lowest BCUT2D eigenvalue weighted by Crippen LogP contribution is -2.44. The summed E-state index contributed by atoms with van der Waals surface area (Å²) in [5, 5.41) is 3.52. The number of fused-ring (bicyclic) bond motifs is 1. The average molecular weight is 391 g/mol. The van der Waals surface area contributed by atoms with Crippen molar-refractivity contribution in [1.82, 2.24) is 10.2 Å². The number of nitrogens with one attached hydrogen (secondary N) is 1. The van der Waals surface area contributed by atoms with Crippen molar-refractivity contribution >= 4 is 34.5 Å². The quantitative estimate of drug-likeness (QED) is 0.677. The second-order valence-electron chi connectivity index (χ2n) is 7.07. The van der Waals surface area contributed by atoms with Gasteiger partial charge in [0.15, 0.2) is 5.54 Å². The fraction of sp³-hybridized carbons (Fsp3) is 0.227. The van der Waals surface area contributed by atoms with Gasteiger partial charge in [0.05, 0.1) is 0 Å². The third-order valence-electron chi connectivity index (χ3n) is 5.17. The first-order chi connectivity index (χ1) is 13.9. The van der Waals surface area contributed by atoms with Crippen molar-refractivity contribution in [2.75, 3.05) is 18.0 Å². The molecule has 1 N–H and O–H groups in total. The van der Waals surface area contributed by atoms with Crippen LogP contribution in [0.25, 0.3) is 11.0 Å². The molecule has 2 aromatic carbocycles. The summed E-state index contributed by atoms with van der Waals surface area (Å²) in [7, 11) is 0. The summed E-state index contributed by atoms with van der Waals surface area (Å²) in [5.41, 5.74) is -0.0196. The number of amides is 4. The van der Waals surface area contributed by atoms with Gasteiger partial charge in [0.2, 0.25) is 5.91 Å². The number of benzene rings is 2. The third-order valence-corrected chi connectivity index (χ3v) is 5.17. The van der Waals surface area contributed by atoms with Crippen molar-refractivity contribution < 1.29 is 18.8 Å². The predicted octanol–water partition coefficient (Wildman–Crippen LogP) is 3.25. The molecule has 7 heteroatoms. The highest BCUT2D eigenvalue weighted by Gasteiger charge is 2.52.